The van der Waals surface area contributed by atoms with Crippen LogP contribution in [0.1, 0.15) is 17.5 Å². The summed E-state index contributed by atoms with van der Waals surface area (Å²) in [5.74, 6) is -0.930. The van der Waals surface area contributed by atoms with Crippen molar-refractivity contribution in [2.75, 3.05) is 0 Å². The lowest BCUT2D eigenvalue weighted by Crippen LogP contribution is -2.42. The molecule has 0 amide bonds. The third-order valence-electron chi connectivity index (χ3n) is 3.02. The minimum absolute atomic E-state index is 0.168. The molecule has 1 heterocycles. The van der Waals surface area contributed by atoms with Crippen molar-refractivity contribution < 1.29 is 9.90 Å². The van der Waals surface area contributed by atoms with Crippen molar-refractivity contribution in [3.8, 4) is 0 Å². The molecule has 16 heavy (non-hydrogen) atoms. The summed E-state index contributed by atoms with van der Waals surface area (Å²) < 4.78 is 0. The zero-order valence-electron chi connectivity index (χ0n) is 9.02. The fraction of sp³-hybridized carbons (Fsp3) is 0.417. The van der Waals surface area contributed by atoms with Gasteiger partial charge in [-0.05, 0) is 24.0 Å². The summed E-state index contributed by atoms with van der Waals surface area (Å²) in [5, 5.41) is 12.1. The summed E-state index contributed by atoms with van der Waals surface area (Å²) in [4.78, 5) is 10.7. The average molecular weight is 220 g/mol. The van der Waals surface area contributed by atoms with Gasteiger partial charge in [-0.2, -0.15) is 0 Å². The second kappa shape index (κ2) is 4.63. The van der Waals surface area contributed by atoms with Crippen molar-refractivity contribution in [1.82, 2.24) is 5.32 Å². The van der Waals surface area contributed by atoms with Gasteiger partial charge in [0.2, 0.25) is 0 Å². The number of hydrogen-bond donors (Lipinski definition) is 3. The molecule has 2 rings (SSSR count). The number of rotatable bonds is 3. The average Bonchev–Trinajstić information content (AvgIpc) is 2.28. The van der Waals surface area contributed by atoms with Gasteiger partial charge in [-0.3, -0.25) is 4.79 Å². The standard InChI is InChI=1S/C12H16N2O2/c13-11(12(15)16)6-10-5-8-3-1-2-4-9(8)7-14-10/h1-4,10-11,14H,5-7,13H2,(H,15,16). The lowest BCUT2D eigenvalue weighted by Gasteiger charge is -2.27. The monoisotopic (exact) mass is 220 g/mol. The fourth-order valence-corrected chi connectivity index (χ4v) is 2.10. The van der Waals surface area contributed by atoms with Crippen LogP contribution in [0.15, 0.2) is 24.3 Å². The Bertz CT molecular complexity index is 392. The second-order valence-electron chi connectivity index (χ2n) is 4.23. The maximum absolute atomic E-state index is 10.7. The zero-order valence-corrected chi connectivity index (χ0v) is 9.02. The van der Waals surface area contributed by atoms with E-state index in [0.29, 0.717) is 6.42 Å². The molecule has 0 spiro atoms. The molecule has 0 aromatic heterocycles. The van der Waals surface area contributed by atoms with E-state index >= 15 is 0 Å². The van der Waals surface area contributed by atoms with Gasteiger partial charge in [-0.15, -0.1) is 0 Å². The maximum atomic E-state index is 10.7. The van der Waals surface area contributed by atoms with Crippen LogP contribution in [0.2, 0.25) is 0 Å². The van der Waals surface area contributed by atoms with E-state index in [4.69, 9.17) is 10.8 Å². The van der Waals surface area contributed by atoms with Crippen molar-refractivity contribution in [2.45, 2.75) is 31.5 Å². The first kappa shape index (κ1) is 11.1. The number of fused-ring (bicyclic) bond motifs is 1. The molecule has 1 aromatic rings. The quantitative estimate of drug-likeness (QED) is 0.693. The van der Waals surface area contributed by atoms with E-state index in [1.165, 1.54) is 11.1 Å². The van der Waals surface area contributed by atoms with Gasteiger partial charge in [0.25, 0.3) is 0 Å². The Hall–Kier alpha value is -1.39. The van der Waals surface area contributed by atoms with Crippen molar-refractivity contribution in [1.29, 1.82) is 0 Å². The molecule has 2 unspecified atom stereocenters. The highest BCUT2D eigenvalue weighted by molar-refractivity contribution is 5.73. The van der Waals surface area contributed by atoms with Crippen molar-refractivity contribution >= 4 is 5.97 Å². The van der Waals surface area contributed by atoms with Crippen LogP contribution in [0, 0.1) is 0 Å². The van der Waals surface area contributed by atoms with Gasteiger partial charge in [0.15, 0.2) is 0 Å². The van der Waals surface area contributed by atoms with Crippen molar-refractivity contribution in [3.63, 3.8) is 0 Å². The topological polar surface area (TPSA) is 75.3 Å². The van der Waals surface area contributed by atoms with E-state index < -0.39 is 12.0 Å². The largest absolute Gasteiger partial charge is 0.480 e. The van der Waals surface area contributed by atoms with Gasteiger partial charge in [0.05, 0.1) is 0 Å². The van der Waals surface area contributed by atoms with Gasteiger partial charge in [-0.1, -0.05) is 24.3 Å². The van der Waals surface area contributed by atoms with E-state index in [9.17, 15) is 4.79 Å². The van der Waals surface area contributed by atoms with Crippen LogP contribution >= 0.6 is 0 Å². The summed E-state index contributed by atoms with van der Waals surface area (Å²) >= 11 is 0. The Labute approximate surface area is 94.5 Å². The number of carboxylic acids is 1. The Balaban J connectivity index is 2.00. The molecule has 4 nitrogen and oxygen atoms in total. The lowest BCUT2D eigenvalue weighted by molar-refractivity contribution is -0.138. The Morgan fingerprint density at radius 3 is 2.88 bits per heavy atom. The summed E-state index contributed by atoms with van der Waals surface area (Å²) in [6.45, 7) is 0.799. The molecule has 4 heteroatoms. The normalized spacial score (nSPS) is 21.2. The Morgan fingerprint density at radius 2 is 2.19 bits per heavy atom. The first-order valence-corrected chi connectivity index (χ1v) is 5.45. The van der Waals surface area contributed by atoms with Crippen LogP contribution in [0.3, 0.4) is 0 Å². The Morgan fingerprint density at radius 1 is 1.50 bits per heavy atom. The molecule has 0 saturated carbocycles. The van der Waals surface area contributed by atoms with Crippen LogP contribution in [0.25, 0.3) is 0 Å². The molecule has 0 radical (unpaired) electrons. The fourth-order valence-electron chi connectivity index (χ4n) is 2.10. The number of nitrogens with two attached hydrogens (primary N) is 1. The van der Waals surface area contributed by atoms with E-state index in [2.05, 4.69) is 17.4 Å². The smallest absolute Gasteiger partial charge is 0.320 e. The van der Waals surface area contributed by atoms with Crippen LogP contribution in [-0.4, -0.2) is 23.2 Å². The van der Waals surface area contributed by atoms with E-state index in [-0.39, 0.29) is 6.04 Å². The molecular weight excluding hydrogens is 204 g/mol. The highest BCUT2D eigenvalue weighted by Gasteiger charge is 2.22. The maximum Gasteiger partial charge on any atom is 0.320 e. The minimum Gasteiger partial charge on any atom is -0.480 e. The molecular formula is C12H16N2O2. The second-order valence-corrected chi connectivity index (χ2v) is 4.23. The summed E-state index contributed by atoms with van der Waals surface area (Å²) in [7, 11) is 0. The van der Waals surface area contributed by atoms with E-state index in [1.54, 1.807) is 0 Å². The minimum atomic E-state index is -0.930. The molecule has 2 atom stereocenters. The van der Waals surface area contributed by atoms with E-state index in [0.717, 1.165) is 13.0 Å². The van der Waals surface area contributed by atoms with Gasteiger partial charge in [0, 0.05) is 12.6 Å². The van der Waals surface area contributed by atoms with Gasteiger partial charge < -0.3 is 16.2 Å². The first-order chi connectivity index (χ1) is 7.66. The van der Waals surface area contributed by atoms with Crippen LogP contribution in [0.4, 0.5) is 0 Å². The number of carbonyl (C=O) groups is 1. The summed E-state index contributed by atoms with van der Waals surface area (Å²) in [6.07, 6.45) is 1.33. The number of aliphatic carboxylic acids is 1. The van der Waals surface area contributed by atoms with E-state index in [1.807, 2.05) is 12.1 Å². The highest BCUT2D eigenvalue weighted by Crippen LogP contribution is 2.18. The molecule has 1 aliphatic rings. The molecule has 1 aromatic carbocycles. The van der Waals surface area contributed by atoms with Crippen molar-refractivity contribution in [3.05, 3.63) is 35.4 Å². The third-order valence-corrected chi connectivity index (χ3v) is 3.02. The predicted molar refractivity (Wildman–Crippen MR) is 61.0 cm³/mol. The number of carboxylic acid groups (broad SMARTS) is 1. The molecule has 4 N–H and O–H groups in total. The van der Waals surface area contributed by atoms with Crippen molar-refractivity contribution in [2.24, 2.45) is 5.73 Å². The SMILES string of the molecule is NC(CC1Cc2ccccc2CN1)C(=O)O. The molecule has 0 fully saturated rings. The van der Waals surface area contributed by atoms with Gasteiger partial charge >= 0.3 is 5.97 Å². The molecule has 0 bridgehead atoms. The third kappa shape index (κ3) is 2.40. The number of benzene rings is 1. The number of hydrogen-bond acceptors (Lipinski definition) is 3. The molecule has 0 aliphatic carbocycles. The van der Waals surface area contributed by atoms with Crippen LogP contribution in [-0.2, 0) is 17.8 Å². The highest BCUT2D eigenvalue weighted by atomic mass is 16.4. The lowest BCUT2D eigenvalue weighted by atomic mass is 9.92. The molecule has 1 aliphatic heterocycles. The number of nitrogens with one attached hydrogen (secondary N) is 1. The molecule has 0 saturated heterocycles. The first-order valence-electron chi connectivity index (χ1n) is 5.45. The van der Waals surface area contributed by atoms with Gasteiger partial charge in [-0.25, -0.2) is 0 Å². The van der Waals surface area contributed by atoms with Crippen LogP contribution < -0.4 is 11.1 Å². The summed E-state index contributed by atoms with van der Waals surface area (Å²) in [6, 6.07) is 7.61. The van der Waals surface area contributed by atoms with Gasteiger partial charge in [0.1, 0.15) is 6.04 Å². The molecule has 86 valence electrons. The predicted octanol–water partition coefficient (Wildman–Crippen LogP) is 0.503. The summed E-state index contributed by atoms with van der Waals surface area (Å²) in [5.41, 5.74) is 8.12. The Kier molecular flexibility index (Phi) is 3.22. The van der Waals surface area contributed by atoms with Crippen LogP contribution in [0.5, 0.6) is 0 Å². The zero-order chi connectivity index (χ0) is 11.5.